The van der Waals surface area contributed by atoms with E-state index in [0.29, 0.717) is 10.4 Å². The van der Waals surface area contributed by atoms with Crippen LogP contribution in [0, 0.1) is 11.3 Å². The van der Waals surface area contributed by atoms with E-state index in [1.165, 1.54) is 38.5 Å². The SMILES string of the molecule is CCn1cc(C(=O)NCC23CCC(CC2)CC3)c2cccc(Cl)c21. The molecule has 3 nitrogen and oxygen atoms in total. The zero-order chi connectivity index (χ0) is 16.7. The van der Waals surface area contributed by atoms with Crippen molar-refractivity contribution >= 4 is 28.4 Å². The molecule has 24 heavy (non-hydrogen) atoms. The van der Waals surface area contributed by atoms with Crippen molar-refractivity contribution in [3.05, 3.63) is 35.0 Å². The minimum Gasteiger partial charge on any atom is -0.351 e. The van der Waals surface area contributed by atoms with E-state index in [1.54, 1.807) is 0 Å². The lowest BCUT2D eigenvalue weighted by Gasteiger charge is -2.46. The summed E-state index contributed by atoms with van der Waals surface area (Å²) in [5, 5.41) is 4.90. The van der Waals surface area contributed by atoms with E-state index in [9.17, 15) is 4.79 Å². The minimum absolute atomic E-state index is 0.0385. The molecule has 0 unspecified atom stereocenters. The number of halogens is 1. The minimum atomic E-state index is 0.0385. The van der Waals surface area contributed by atoms with Crippen LogP contribution in [0.15, 0.2) is 24.4 Å². The quantitative estimate of drug-likeness (QED) is 0.830. The molecule has 1 amide bonds. The Labute approximate surface area is 148 Å². The second-order valence-corrected chi connectivity index (χ2v) is 8.04. The lowest BCUT2D eigenvalue weighted by molar-refractivity contribution is 0.0598. The molecule has 0 spiro atoms. The molecule has 128 valence electrons. The van der Waals surface area contributed by atoms with E-state index < -0.39 is 0 Å². The third-order valence-electron chi connectivity index (χ3n) is 6.31. The zero-order valence-electron chi connectivity index (χ0n) is 14.3. The molecule has 0 aliphatic heterocycles. The van der Waals surface area contributed by atoms with Gasteiger partial charge in [-0.3, -0.25) is 4.79 Å². The van der Waals surface area contributed by atoms with Gasteiger partial charge in [-0.25, -0.2) is 0 Å². The Kier molecular flexibility index (Phi) is 4.07. The number of benzene rings is 1. The summed E-state index contributed by atoms with van der Waals surface area (Å²) in [5.41, 5.74) is 2.06. The Bertz CT molecular complexity index is 758. The second-order valence-electron chi connectivity index (χ2n) is 7.63. The van der Waals surface area contributed by atoms with Crippen LogP contribution in [0.3, 0.4) is 0 Å². The van der Waals surface area contributed by atoms with Crippen molar-refractivity contribution < 1.29 is 4.79 Å². The first-order valence-corrected chi connectivity index (χ1v) is 9.55. The molecular weight excluding hydrogens is 320 g/mol. The normalized spacial score (nSPS) is 26.0. The maximum Gasteiger partial charge on any atom is 0.253 e. The summed E-state index contributed by atoms with van der Waals surface area (Å²) in [6.45, 7) is 3.70. The van der Waals surface area contributed by atoms with Crippen LogP contribution < -0.4 is 5.32 Å². The van der Waals surface area contributed by atoms with E-state index in [4.69, 9.17) is 11.6 Å². The van der Waals surface area contributed by atoms with Crippen molar-refractivity contribution in [1.82, 2.24) is 9.88 Å². The number of carbonyl (C=O) groups excluding carboxylic acids is 1. The van der Waals surface area contributed by atoms with Gasteiger partial charge in [0.1, 0.15) is 0 Å². The first-order valence-electron chi connectivity index (χ1n) is 9.17. The van der Waals surface area contributed by atoms with Gasteiger partial charge in [-0.05, 0) is 62.8 Å². The molecule has 0 atom stereocenters. The second kappa shape index (κ2) is 6.11. The maximum atomic E-state index is 12.8. The highest BCUT2D eigenvalue weighted by Crippen LogP contribution is 2.49. The van der Waals surface area contributed by atoms with Gasteiger partial charge in [0.2, 0.25) is 0 Å². The lowest BCUT2D eigenvalue weighted by Crippen LogP contribution is -2.43. The lowest BCUT2D eigenvalue weighted by atomic mass is 9.61. The standard InChI is InChI=1S/C20H25ClN2O/c1-2-23-12-16(15-4-3-5-17(21)18(15)23)19(24)22-13-20-9-6-14(7-10-20)8-11-20/h3-5,12,14H,2,6-11,13H2,1H3,(H,22,24). The summed E-state index contributed by atoms with van der Waals surface area (Å²) >= 11 is 6.36. The number of carbonyl (C=O) groups is 1. The number of nitrogens with zero attached hydrogens (tertiary/aromatic N) is 1. The Balaban J connectivity index is 1.56. The molecule has 3 aliphatic carbocycles. The van der Waals surface area contributed by atoms with Gasteiger partial charge in [-0.2, -0.15) is 0 Å². The van der Waals surface area contributed by atoms with E-state index in [2.05, 4.69) is 16.8 Å². The van der Waals surface area contributed by atoms with Crippen LogP contribution >= 0.6 is 11.6 Å². The van der Waals surface area contributed by atoms with Crippen LogP contribution in [-0.4, -0.2) is 17.0 Å². The highest BCUT2D eigenvalue weighted by molar-refractivity contribution is 6.35. The number of aryl methyl sites for hydroxylation is 1. The molecular formula is C20H25ClN2O. The molecule has 3 aliphatic rings. The summed E-state index contributed by atoms with van der Waals surface area (Å²) in [7, 11) is 0. The van der Waals surface area contributed by atoms with Crippen molar-refractivity contribution in [2.45, 2.75) is 52.0 Å². The summed E-state index contributed by atoms with van der Waals surface area (Å²) in [6.07, 6.45) is 9.82. The predicted octanol–water partition coefficient (Wildman–Crippen LogP) is 5.01. The van der Waals surface area contributed by atoms with Crippen LogP contribution in [0.5, 0.6) is 0 Å². The molecule has 0 radical (unpaired) electrons. The summed E-state index contributed by atoms with van der Waals surface area (Å²) in [5.74, 6) is 0.990. The van der Waals surface area contributed by atoms with Crippen LogP contribution in [0.2, 0.25) is 5.02 Å². The van der Waals surface area contributed by atoms with Gasteiger partial charge in [0.15, 0.2) is 0 Å². The zero-order valence-corrected chi connectivity index (χ0v) is 15.0. The third-order valence-corrected chi connectivity index (χ3v) is 6.61. The van der Waals surface area contributed by atoms with Gasteiger partial charge in [0.05, 0.1) is 16.1 Å². The topological polar surface area (TPSA) is 34.0 Å². The number of hydrogen-bond donors (Lipinski definition) is 1. The molecule has 3 saturated carbocycles. The van der Waals surface area contributed by atoms with Crippen molar-refractivity contribution in [3.8, 4) is 0 Å². The number of hydrogen-bond acceptors (Lipinski definition) is 1. The predicted molar refractivity (Wildman–Crippen MR) is 98.6 cm³/mol. The van der Waals surface area contributed by atoms with Crippen LogP contribution in [0.4, 0.5) is 0 Å². The fourth-order valence-electron chi connectivity index (χ4n) is 4.71. The van der Waals surface area contributed by atoms with Gasteiger partial charge in [0, 0.05) is 24.7 Å². The van der Waals surface area contributed by atoms with E-state index in [0.717, 1.165) is 35.5 Å². The molecule has 1 aromatic heterocycles. The number of aromatic nitrogens is 1. The van der Waals surface area contributed by atoms with Crippen LogP contribution in [-0.2, 0) is 6.54 Å². The van der Waals surface area contributed by atoms with Gasteiger partial charge in [-0.1, -0.05) is 23.7 Å². The first-order chi connectivity index (χ1) is 11.6. The summed E-state index contributed by atoms with van der Waals surface area (Å²) < 4.78 is 2.07. The van der Waals surface area contributed by atoms with Crippen molar-refractivity contribution in [1.29, 1.82) is 0 Å². The molecule has 1 heterocycles. The monoisotopic (exact) mass is 344 g/mol. The number of fused-ring (bicyclic) bond motifs is 4. The fraction of sp³-hybridized carbons (Fsp3) is 0.550. The fourth-order valence-corrected chi connectivity index (χ4v) is 5.00. The van der Waals surface area contributed by atoms with Gasteiger partial charge in [-0.15, -0.1) is 0 Å². The van der Waals surface area contributed by atoms with Crippen LogP contribution in [0.25, 0.3) is 10.9 Å². The molecule has 2 bridgehead atoms. The van der Waals surface area contributed by atoms with E-state index >= 15 is 0 Å². The van der Waals surface area contributed by atoms with Gasteiger partial charge in [0.25, 0.3) is 5.91 Å². The van der Waals surface area contributed by atoms with Crippen molar-refractivity contribution in [3.63, 3.8) is 0 Å². The average molecular weight is 345 g/mol. The number of nitrogens with one attached hydrogen (secondary N) is 1. The Morgan fingerprint density at radius 2 is 2.00 bits per heavy atom. The van der Waals surface area contributed by atoms with E-state index in [-0.39, 0.29) is 5.91 Å². The molecule has 5 rings (SSSR count). The highest BCUT2D eigenvalue weighted by atomic mass is 35.5. The van der Waals surface area contributed by atoms with Crippen molar-refractivity contribution in [2.24, 2.45) is 11.3 Å². The molecule has 4 heteroatoms. The molecule has 2 aromatic rings. The Morgan fingerprint density at radius 3 is 2.67 bits per heavy atom. The Hall–Kier alpha value is -1.48. The smallest absolute Gasteiger partial charge is 0.253 e. The van der Waals surface area contributed by atoms with Crippen molar-refractivity contribution in [2.75, 3.05) is 6.54 Å². The Morgan fingerprint density at radius 1 is 1.29 bits per heavy atom. The highest BCUT2D eigenvalue weighted by Gasteiger charge is 2.40. The molecule has 0 saturated heterocycles. The third kappa shape index (κ3) is 2.63. The van der Waals surface area contributed by atoms with Crippen LogP contribution in [0.1, 0.15) is 55.8 Å². The summed E-state index contributed by atoms with van der Waals surface area (Å²) in [6, 6.07) is 5.80. The average Bonchev–Trinajstić information content (AvgIpc) is 3.02. The first kappa shape index (κ1) is 16.0. The largest absolute Gasteiger partial charge is 0.351 e. The molecule has 3 fully saturated rings. The number of rotatable bonds is 4. The maximum absolute atomic E-state index is 12.8. The molecule has 1 N–H and O–H groups in total. The number of para-hydroxylation sites is 1. The van der Waals surface area contributed by atoms with E-state index in [1.807, 2.05) is 24.4 Å². The molecule has 1 aromatic carbocycles. The van der Waals surface area contributed by atoms with Gasteiger partial charge >= 0.3 is 0 Å². The number of amides is 1. The van der Waals surface area contributed by atoms with Gasteiger partial charge < -0.3 is 9.88 Å². The summed E-state index contributed by atoms with van der Waals surface area (Å²) in [4.78, 5) is 12.8.